The summed E-state index contributed by atoms with van der Waals surface area (Å²) in [6.45, 7) is 2.00. The normalized spacial score (nSPS) is 18.6. The minimum atomic E-state index is -3.09. The van der Waals surface area contributed by atoms with E-state index in [1.807, 2.05) is 36.4 Å². The molecular weight excluding hydrogens is 400 g/mol. The van der Waals surface area contributed by atoms with E-state index in [0.29, 0.717) is 24.2 Å². The number of carbonyl (C=O) groups is 1. The van der Waals surface area contributed by atoms with Gasteiger partial charge in [-0.1, -0.05) is 41.9 Å². The molecule has 1 fully saturated rings. The van der Waals surface area contributed by atoms with Gasteiger partial charge in [0.05, 0.1) is 23.2 Å². The van der Waals surface area contributed by atoms with Crippen molar-refractivity contribution in [2.24, 2.45) is 0 Å². The van der Waals surface area contributed by atoms with Crippen molar-refractivity contribution >= 4 is 33.4 Å². The smallest absolute Gasteiger partial charge is 0.262 e. The summed E-state index contributed by atoms with van der Waals surface area (Å²) in [6.07, 6.45) is 1.83. The number of amides is 1. The minimum absolute atomic E-state index is 0.0142. The van der Waals surface area contributed by atoms with Crippen LogP contribution in [0.1, 0.15) is 29.3 Å². The molecule has 7 nitrogen and oxygen atoms in total. The van der Waals surface area contributed by atoms with Gasteiger partial charge in [0.15, 0.2) is 9.84 Å². The molecule has 0 saturated carbocycles. The Kier molecular flexibility index (Phi) is 5.87. The standard InChI is InChI=1S/C19H19ClN4O3S/c1-13-17(18(20)24(23-13)16-7-8-28(26,27)12-16)9-15(10-21)19(25)22-11-14-5-3-2-4-6-14/h2-6,9,16H,7-8,11-12H2,1H3,(H,22,25)/b15-9+/t16-/m1/s1. The average Bonchev–Trinajstić information content (AvgIpc) is 3.17. The highest BCUT2D eigenvalue weighted by Gasteiger charge is 2.32. The first-order valence-corrected chi connectivity index (χ1v) is 10.9. The molecule has 1 amide bonds. The molecule has 1 aromatic carbocycles. The lowest BCUT2D eigenvalue weighted by atomic mass is 10.1. The molecule has 0 radical (unpaired) electrons. The second-order valence-corrected chi connectivity index (χ2v) is 9.22. The zero-order valence-electron chi connectivity index (χ0n) is 15.2. The van der Waals surface area contributed by atoms with Crippen LogP contribution < -0.4 is 5.32 Å². The third-order valence-corrected chi connectivity index (χ3v) is 6.70. The van der Waals surface area contributed by atoms with E-state index in [1.54, 1.807) is 6.92 Å². The van der Waals surface area contributed by atoms with Gasteiger partial charge in [0.1, 0.15) is 16.8 Å². The molecule has 1 saturated heterocycles. The van der Waals surface area contributed by atoms with Crippen molar-refractivity contribution in [1.82, 2.24) is 15.1 Å². The van der Waals surface area contributed by atoms with Gasteiger partial charge in [0, 0.05) is 12.1 Å². The predicted molar refractivity (Wildman–Crippen MR) is 106 cm³/mol. The van der Waals surface area contributed by atoms with Crippen LogP contribution in [0.3, 0.4) is 0 Å². The number of aryl methyl sites for hydroxylation is 1. The number of nitrogens with one attached hydrogen (secondary N) is 1. The van der Waals surface area contributed by atoms with Crippen LogP contribution in [-0.2, 0) is 21.2 Å². The molecule has 3 rings (SSSR count). The Balaban J connectivity index is 1.81. The van der Waals surface area contributed by atoms with Crippen LogP contribution in [0.15, 0.2) is 35.9 Å². The van der Waals surface area contributed by atoms with Gasteiger partial charge in [-0.25, -0.2) is 13.1 Å². The van der Waals surface area contributed by atoms with Gasteiger partial charge in [-0.15, -0.1) is 0 Å². The van der Waals surface area contributed by atoms with E-state index in [1.165, 1.54) is 10.8 Å². The molecule has 0 bridgehead atoms. The lowest BCUT2D eigenvalue weighted by Crippen LogP contribution is -2.23. The summed E-state index contributed by atoms with van der Waals surface area (Å²) in [5.74, 6) is -0.429. The number of halogens is 1. The number of carbonyl (C=O) groups excluding carboxylic acids is 1. The van der Waals surface area contributed by atoms with Gasteiger partial charge in [-0.3, -0.25) is 4.79 Å². The molecule has 1 aliphatic heterocycles. The summed E-state index contributed by atoms with van der Waals surface area (Å²) in [5, 5.41) is 16.7. The molecule has 9 heteroatoms. The van der Waals surface area contributed by atoms with Crippen LogP contribution in [-0.4, -0.2) is 35.6 Å². The molecular formula is C19H19ClN4O3S. The quantitative estimate of drug-likeness (QED) is 0.593. The molecule has 28 heavy (non-hydrogen) atoms. The zero-order chi connectivity index (χ0) is 20.3. The first-order valence-electron chi connectivity index (χ1n) is 8.69. The van der Waals surface area contributed by atoms with E-state index in [0.717, 1.165) is 5.56 Å². The van der Waals surface area contributed by atoms with Gasteiger partial charge in [-0.05, 0) is 25.0 Å². The third kappa shape index (κ3) is 4.43. The van der Waals surface area contributed by atoms with Crippen molar-refractivity contribution in [3.05, 3.63) is 57.9 Å². The highest BCUT2D eigenvalue weighted by atomic mass is 35.5. The molecule has 1 aliphatic rings. The van der Waals surface area contributed by atoms with Gasteiger partial charge in [-0.2, -0.15) is 10.4 Å². The second kappa shape index (κ2) is 8.17. The van der Waals surface area contributed by atoms with Gasteiger partial charge in [0.25, 0.3) is 5.91 Å². The van der Waals surface area contributed by atoms with E-state index in [9.17, 15) is 18.5 Å². The third-order valence-electron chi connectivity index (χ3n) is 4.57. The Hall–Kier alpha value is -2.63. The molecule has 146 valence electrons. The maximum Gasteiger partial charge on any atom is 0.262 e. The van der Waals surface area contributed by atoms with Crippen LogP contribution in [0.4, 0.5) is 0 Å². The first-order chi connectivity index (χ1) is 13.3. The number of hydrogen-bond acceptors (Lipinski definition) is 5. The molecule has 0 spiro atoms. The fourth-order valence-corrected chi connectivity index (χ4v) is 5.13. The number of rotatable bonds is 5. The van der Waals surface area contributed by atoms with Crippen molar-refractivity contribution < 1.29 is 13.2 Å². The summed E-state index contributed by atoms with van der Waals surface area (Å²) >= 11 is 6.40. The zero-order valence-corrected chi connectivity index (χ0v) is 16.8. The Labute approximate surface area is 168 Å². The van der Waals surface area contributed by atoms with Crippen LogP contribution in [0.25, 0.3) is 6.08 Å². The van der Waals surface area contributed by atoms with Gasteiger partial charge >= 0.3 is 0 Å². The molecule has 2 heterocycles. The van der Waals surface area contributed by atoms with Crippen molar-refractivity contribution in [2.45, 2.75) is 25.9 Å². The van der Waals surface area contributed by atoms with E-state index >= 15 is 0 Å². The topological polar surface area (TPSA) is 105 Å². The molecule has 0 aliphatic carbocycles. The number of aromatic nitrogens is 2. The molecule has 1 atom stereocenters. The van der Waals surface area contributed by atoms with Crippen molar-refractivity contribution in [1.29, 1.82) is 5.26 Å². The molecule has 0 unspecified atom stereocenters. The molecule has 1 aromatic heterocycles. The highest BCUT2D eigenvalue weighted by molar-refractivity contribution is 7.91. The van der Waals surface area contributed by atoms with Crippen molar-refractivity contribution in [3.63, 3.8) is 0 Å². The van der Waals surface area contributed by atoms with Crippen LogP contribution in [0, 0.1) is 18.3 Å². The number of nitrogens with zero attached hydrogens (tertiary/aromatic N) is 3. The summed E-state index contributed by atoms with van der Waals surface area (Å²) in [4.78, 5) is 12.4. The van der Waals surface area contributed by atoms with Crippen molar-refractivity contribution in [3.8, 4) is 6.07 Å². The van der Waals surface area contributed by atoms with Gasteiger partial charge in [0.2, 0.25) is 0 Å². The monoisotopic (exact) mass is 418 g/mol. The van der Waals surface area contributed by atoms with E-state index in [4.69, 9.17) is 11.6 Å². The highest BCUT2D eigenvalue weighted by Crippen LogP contribution is 2.31. The largest absolute Gasteiger partial charge is 0.347 e. The minimum Gasteiger partial charge on any atom is -0.347 e. The second-order valence-electron chi connectivity index (χ2n) is 6.63. The van der Waals surface area contributed by atoms with Crippen LogP contribution in [0.2, 0.25) is 5.15 Å². The maximum atomic E-state index is 12.4. The Bertz CT molecular complexity index is 1070. The SMILES string of the molecule is Cc1nn([C@@H]2CCS(=O)(=O)C2)c(Cl)c1/C=C(\C#N)C(=O)NCc1ccccc1. The van der Waals surface area contributed by atoms with E-state index in [2.05, 4.69) is 10.4 Å². The number of sulfone groups is 1. The number of hydrogen-bond donors (Lipinski definition) is 1. The summed E-state index contributed by atoms with van der Waals surface area (Å²) in [5.41, 5.74) is 1.78. The fraction of sp³-hybridized carbons (Fsp3) is 0.316. The Morgan fingerprint density at radius 3 is 2.75 bits per heavy atom. The lowest BCUT2D eigenvalue weighted by Gasteiger charge is -2.09. The lowest BCUT2D eigenvalue weighted by molar-refractivity contribution is -0.117. The number of nitriles is 1. The Morgan fingerprint density at radius 2 is 2.14 bits per heavy atom. The summed E-state index contributed by atoms with van der Waals surface area (Å²) in [7, 11) is -3.09. The van der Waals surface area contributed by atoms with E-state index in [-0.39, 0.29) is 28.3 Å². The summed E-state index contributed by atoms with van der Waals surface area (Å²) < 4.78 is 24.9. The molecule has 1 N–H and O–H groups in total. The van der Waals surface area contributed by atoms with Crippen LogP contribution in [0.5, 0.6) is 0 Å². The van der Waals surface area contributed by atoms with Gasteiger partial charge < -0.3 is 5.32 Å². The average molecular weight is 419 g/mol. The van der Waals surface area contributed by atoms with Crippen molar-refractivity contribution in [2.75, 3.05) is 11.5 Å². The fourth-order valence-electron chi connectivity index (χ4n) is 3.07. The van der Waals surface area contributed by atoms with E-state index < -0.39 is 15.7 Å². The first kappa shape index (κ1) is 20.1. The predicted octanol–water partition coefficient (Wildman–Crippen LogP) is 2.43. The molecule has 2 aromatic rings. The maximum absolute atomic E-state index is 12.4. The summed E-state index contributed by atoms with van der Waals surface area (Å²) in [6, 6.07) is 10.9. The van der Waals surface area contributed by atoms with Crippen LogP contribution >= 0.6 is 11.6 Å². The Morgan fingerprint density at radius 1 is 1.43 bits per heavy atom. The number of benzene rings is 1.